The summed E-state index contributed by atoms with van der Waals surface area (Å²) in [6, 6.07) is 6.29. The number of fused-ring (bicyclic) bond motifs is 2. The van der Waals surface area contributed by atoms with E-state index < -0.39 is 16.1 Å². The number of morpholine rings is 1. The lowest BCUT2D eigenvalue weighted by atomic mass is 10.1. The molecule has 1 aromatic carbocycles. The molecule has 6 rings (SSSR count). The van der Waals surface area contributed by atoms with Gasteiger partial charge in [0.1, 0.15) is 4.21 Å². The van der Waals surface area contributed by atoms with Gasteiger partial charge in [0.05, 0.1) is 24.9 Å². The Morgan fingerprint density at radius 2 is 1.90 bits per heavy atom. The van der Waals surface area contributed by atoms with Gasteiger partial charge in [0, 0.05) is 73.3 Å². The van der Waals surface area contributed by atoms with Crippen molar-refractivity contribution in [2.45, 2.75) is 29.6 Å². The second-order valence-corrected chi connectivity index (χ2v) is 14.8. The zero-order valence-corrected chi connectivity index (χ0v) is 24.8. The Morgan fingerprint density at radius 3 is 2.70 bits per heavy atom. The van der Waals surface area contributed by atoms with Crippen molar-refractivity contribution in [2.24, 2.45) is 5.84 Å². The molecule has 0 radical (unpaired) electrons. The van der Waals surface area contributed by atoms with Gasteiger partial charge >= 0.3 is 0 Å². The summed E-state index contributed by atoms with van der Waals surface area (Å²) >= 11 is 8.59. The molecular formula is C25H29ClN6O5S3. The highest BCUT2D eigenvalue weighted by atomic mass is 35.5. The molecule has 2 saturated heterocycles. The minimum atomic E-state index is -3.86. The first-order valence-corrected chi connectivity index (χ1v) is 16.5. The van der Waals surface area contributed by atoms with Crippen LogP contribution in [0.3, 0.4) is 0 Å². The molecule has 15 heteroatoms. The Balaban J connectivity index is 1.27. The number of hydrogen-bond donors (Lipinski definition) is 1. The monoisotopic (exact) mass is 624 g/mol. The third-order valence-electron chi connectivity index (χ3n) is 7.48. The normalized spacial score (nSPS) is 21.1. The number of hydrogen-bond acceptors (Lipinski definition) is 10. The van der Waals surface area contributed by atoms with E-state index in [9.17, 15) is 18.0 Å². The van der Waals surface area contributed by atoms with Crippen molar-refractivity contribution >= 4 is 66.2 Å². The molecule has 2 fully saturated rings. The summed E-state index contributed by atoms with van der Waals surface area (Å²) in [5.74, 6) is 5.55. The first-order chi connectivity index (χ1) is 19.2. The van der Waals surface area contributed by atoms with E-state index in [1.807, 2.05) is 0 Å². The second kappa shape index (κ2) is 11.2. The maximum Gasteiger partial charge on any atom is 0.283 e. The summed E-state index contributed by atoms with van der Waals surface area (Å²) in [5.41, 5.74) is 0.877. The fraction of sp³-hybridized carbons (Fsp3) is 0.480. The van der Waals surface area contributed by atoms with E-state index in [0.29, 0.717) is 55.8 Å². The third kappa shape index (κ3) is 5.51. The molecule has 3 aliphatic heterocycles. The number of rotatable bonds is 5. The van der Waals surface area contributed by atoms with Crippen LogP contribution in [0.5, 0.6) is 0 Å². The molecule has 3 aliphatic rings. The van der Waals surface area contributed by atoms with Crippen molar-refractivity contribution in [2.75, 3.05) is 52.5 Å². The zero-order valence-electron chi connectivity index (χ0n) is 21.6. The van der Waals surface area contributed by atoms with Crippen molar-refractivity contribution in [3.05, 3.63) is 44.9 Å². The summed E-state index contributed by atoms with van der Waals surface area (Å²) in [6.07, 6.45) is 0.683. The van der Waals surface area contributed by atoms with E-state index in [-0.39, 0.29) is 42.1 Å². The number of amides is 2. The fourth-order valence-corrected chi connectivity index (χ4v) is 9.68. The lowest BCUT2D eigenvalue weighted by Gasteiger charge is -2.41. The molecule has 2 aromatic heterocycles. The van der Waals surface area contributed by atoms with Crippen molar-refractivity contribution in [1.29, 1.82) is 0 Å². The Bertz CT molecular complexity index is 1550. The van der Waals surface area contributed by atoms with E-state index in [1.54, 1.807) is 39.1 Å². The number of hydrazine groups is 1. The Kier molecular flexibility index (Phi) is 7.87. The van der Waals surface area contributed by atoms with Crippen molar-refractivity contribution in [1.82, 2.24) is 24.1 Å². The maximum absolute atomic E-state index is 13.7. The molecule has 3 aromatic rings. The standard InChI is InChI=1S/C25H29ClN6O5S3/c26-17-2-1-16-11-23(38-20(16)12-17)40(35,36)31-5-6-32(18(14-31)13-22(33)29-7-9-37-10-8-29)25(34)24-28-19-3-4-30(27)15-21(19)39-24/h1-2,11-12,18H,3-10,13-15,27H2. The molecule has 0 spiro atoms. The molecule has 2 N–H and O–H groups in total. The predicted molar refractivity (Wildman–Crippen MR) is 153 cm³/mol. The number of halogens is 1. The van der Waals surface area contributed by atoms with Crippen molar-refractivity contribution in [3.63, 3.8) is 0 Å². The van der Waals surface area contributed by atoms with Crippen LogP contribution in [0.4, 0.5) is 0 Å². The van der Waals surface area contributed by atoms with Crippen LogP contribution in [0, 0.1) is 0 Å². The molecular weight excluding hydrogens is 596 g/mol. The number of aromatic nitrogens is 1. The summed E-state index contributed by atoms with van der Waals surface area (Å²) in [4.78, 5) is 35.9. The van der Waals surface area contributed by atoms with Gasteiger partial charge in [-0.15, -0.1) is 22.7 Å². The minimum absolute atomic E-state index is 0.0147. The van der Waals surface area contributed by atoms with Crippen LogP contribution in [0.1, 0.15) is 26.8 Å². The van der Waals surface area contributed by atoms with Gasteiger partial charge in [0.2, 0.25) is 5.91 Å². The van der Waals surface area contributed by atoms with Gasteiger partial charge in [0.15, 0.2) is 5.01 Å². The number of carbonyl (C=O) groups is 2. The smallest absolute Gasteiger partial charge is 0.283 e. The summed E-state index contributed by atoms with van der Waals surface area (Å²) in [7, 11) is -3.86. The van der Waals surface area contributed by atoms with Gasteiger partial charge in [-0.2, -0.15) is 4.31 Å². The Morgan fingerprint density at radius 1 is 1.10 bits per heavy atom. The van der Waals surface area contributed by atoms with Crippen LogP contribution in [0.15, 0.2) is 28.5 Å². The van der Waals surface area contributed by atoms with Crippen LogP contribution in [-0.4, -0.2) is 103 Å². The van der Waals surface area contributed by atoms with Crippen LogP contribution in [0.2, 0.25) is 5.02 Å². The fourth-order valence-electron chi connectivity index (χ4n) is 5.30. The molecule has 1 unspecified atom stereocenters. The van der Waals surface area contributed by atoms with Crippen LogP contribution < -0.4 is 5.84 Å². The van der Waals surface area contributed by atoms with Crippen LogP contribution in [-0.2, 0) is 32.5 Å². The molecule has 214 valence electrons. The quantitative estimate of drug-likeness (QED) is 0.427. The molecule has 5 heterocycles. The van der Waals surface area contributed by atoms with Gasteiger partial charge in [-0.1, -0.05) is 17.7 Å². The number of sulfonamides is 1. The first kappa shape index (κ1) is 28.0. The van der Waals surface area contributed by atoms with Crippen LogP contribution in [0.25, 0.3) is 10.1 Å². The maximum atomic E-state index is 13.7. The minimum Gasteiger partial charge on any atom is -0.378 e. The van der Waals surface area contributed by atoms with Gasteiger partial charge in [0.25, 0.3) is 15.9 Å². The molecule has 2 amide bonds. The number of piperazine rings is 1. The molecule has 40 heavy (non-hydrogen) atoms. The lowest BCUT2D eigenvalue weighted by molar-refractivity contribution is -0.136. The number of carbonyl (C=O) groups excluding carboxylic acids is 2. The zero-order chi connectivity index (χ0) is 28.0. The highest BCUT2D eigenvalue weighted by Crippen LogP contribution is 2.34. The van der Waals surface area contributed by atoms with Gasteiger partial charge in [-0.05, 0) is 23.6 Å². The van der Waals surface area contributed by atoms with E-state index >= 15 is 0 Å². The SMILES string of the molecule is NN1CCc2nc(C(=O)N3CCN(S(=O)(=O)c4cc5ccc(Cl)cc5s4)CC3CC(=O)N3CCOCC3)sc2C1. The molecule has 0 aliphatic carbocycles. The van der Waals surface area contributed by atoms with Gasteiger partial charge in [-0.25, -0.2) is 18.4 Å². The van der Waals surface area contributed by atoms with E-state index in [0.717, 1.165) is 32.0 Å². The number of benzene rings is 1. The average molecular weight is 625 g/mol. The van der Waals surface area contributed by atoms with E-state index in [1.165, 1.54) is 15.6 Å². The first-order valence-electron chi connectivity index (χ1n) is 13.0. The lowest BCUT2D eigenvalue weighted by Crippen LogP contribution is -2.58. The molecule has 11 nitrogen and oxygen atoms in total. The number of ether oxygens (including phenoxy) is 1. The number of thiazole rings is 1. The number of nitrogens with two attached hydrogens (primary N) is 1. The molecule has 0 saturated carbocycles. The topological polar surface area (TPSA) is 129 Å². The Labute approximate surface area is 245 Å². The summed E-state index contributed by atoms with van der Waals surface area (Å²) in [5, 5.41) is 3.38. The average Bonchev–Trinajstić information content (AvgIpc) is 3.57. The van der Waals surface area contributed by atoms with Gasteiger partial charge < -0.3 is 14.5 Å². The Hall–Kier alpha value is -2.17. The van der Waals surface area contributed by atoms with Crippen molar-refractivity contribution in [3.8, 4) is 0 Å². The molecule has 1 atom stereocenters. The number of thiophene rings is 1. The van der Waals surface area contributed by atoms with E-state index in [2.05, 4.69) is 4.98 Å². The van der Waals surface area contributed by atoms with E-state index in [4.69, 9.17) is 22.2 Å². The van der Waals surface area contributed by atoms with Crippen LogP contribution >= 0.6 is 34.3 Å². The predicted octanol–water partition coefficient (Wildman–Crippen LogP) is 2.01. The summed E-state index contributed by atoms with van der Waals surface area (Å²) in [6.45, 7) is 3.35. The largest absolute Gasteiger partial charge is 0.378 e. The summed E-state index contributed by atoms with van der Waals surface area (Å²) < 4.78 is 35.2. The van der Waals surface area contributed by atoms with Gasteiger partial charge in [-0.3, -0.25) is 15.4 Å². The second-order valence-electron chi connectivity index (χ2n) is 10.1. The third-order valence-corrected chi connectivity index (χ3v) is 12.2. The van der Waals surface area contributed by atoms with Crippen molar-refractivity contribution < 1.29 is 22.7 Å². The highest BCUT2D eigenvalue weighted by Gasteiger charge is 2.40. The number of nitrogens with zero attached hydrogens (tertiary/aromatic N) is 5. The highest BCUT2D eigenvalue weighted by molar-refractivity contribution is 7.91. The molecule has 0 bridgehead atoms.